The van der Waals surface area contributed by atoms with Crippen LogP contribution in [-0.4, -0.2) is 34.3 Å². The van der Waals surface area contributed by atoms with E-state index >= 15 is 0 Å². The number of nitrogens with zero attached hydrogens (tertiary/aromatic N) is 3. The molecule has 0 saturated heterocycles. The zero-order valence-electron chi connectivity index (χ0n) is 12.6. The molecule has 0 amide bonds. The largest absolute Gasteiger partial charge is 0.464 e. The van der Waals surface area contributed by atoms with Gasteiger partial charge in [-0.25, -0.2) is 14.8 Å². The van der Waals surface area contributed by atoms with Crippen LogP contribution in [0.4, 0.5) is 5.82 Å². The lowest BCUT2D eigenvalue weighted by Gasteiger charge is -2.02. The van der Waals surface area contributed by atoms with Gasteiger partial charge in [-0.3, -0.25) is 0 Å². The molecule has 0 spiro atoms. The third-order valence-corrected chi connectivity index (χ3v) is 4.38. The molecule has 22 heavy (non-hydrogen) atoms. The number of rotatable bonds is 6. The highest BCUT2D eigenvalue weighted by molar-refractivity contribution is 7.09. The summed E-state index contributed by atoms with van der Waals surface area (Å²) in [6, 6.07) is 0. The van der Waals surface area contributed by atoms with Gasteiger partial charge in [-0.1, -0.05) is 11.3 Å². The van der Waals surface area contributed by atoms with Gasteiger partial charge in [0, 0.05) is 19.5 Å². The second-order valence-electron chi connectivity index (χ2n) is 4.82. The number of aliphatic hydroxyl groups excluding tert-OH is 1. The number of aliphatic hydroxyl groups is 1. The standard InChI is InChI=1S/C14H19N4O3S/c1-9-12(3-4-21-13(20)7-19)22-8-18(9)6-11-5-16-10(2)17-14(11)15/h5,8,19H,3-4,6-7H2,1-2H3,(H2,15,16,17)/q+1. The first-order valence-corrected chi connectivity index (χ1v) is 7.70. The summed E-state index contributed by atoms with van der Waals surface area (Å²) in [6.45, 7) is 4.08. The monoisotopic (exact) mass is 323 g/mol. The second-order valence-corrected chi connectivity index (χ2v) is 5.76. The Morgan fingerprint density at radius 1 is 1.50 bits per heavy atom. The first kappa shape index (κ1) is 16.3. The Bertz CT molecular complexity index is 672. The van der Waals surface area contributed by atoms with E-state index in [0.717, 1.165) is 16.1 Å². The summed E-state index contributed by atoms with van der Waals surface area (Å²) in [6.07, 6.45) is 2.36. The normalized spacial score (nSPS) is 10.7. The van der Waals surface area contributed by atoms with Gasteiger partial charge < -0.3 is 15.6 Å². The number of ether oxygens (including phenoxy) is 1. The van der Waals surface area contributed by atoms with Crippen LogP contribution in [0.15, 0.2) is 11.7 Å². The van der Waals surface area contributed by atoms with E-state index in [1.807, 2.05) is 12.4 Å². The second kappa shape index (κ2) is 7.28. The zero-order chi connectivity index (χ0) is 16.1. The van der Waals surface area contributed by atoms with Crippen molar-refractivity contribution >= 4 is 23.1 Å². The van der Waals surface area contributed by atoms with Crippen molar-refractivity contribution in [3.05, 3.63) is 33.7 Å². The van der Waals surface area contributed by atoms with Gasteiger partial charge in [0.1, 0.15) is 18.2 Å². The van der Waals surface area contributed by atoms with Crippen molar-refractivity contribution in [2.75, 3.05) is 18.9 Å². The fraction of sp³-hybridized carbons (Fsp3) is 0.429. The van der Waals surface area contributed by atoms with E-state index in [4.69, 9.17) is 15.6 Å². The number of carbonyl (C=O) groups excluding carboxylic acids is 1. The molecular weight excluding hydrogens is 304 g/mol. The Morgan fingerprint density at radius 3 is 2.95 bits per heavy atom. The van der Waals surface area contributed by atoms with Gasteiger partial charge in [-0.05, 0) is 6.92 Å². The summed E-state index contributed by atoms with van der Waals surface area (Å²) in [5, 5.41) is 8.60. The maximum atomic E-state index is 10.9. The highest BCUT2D eigenvalue weighted by atomic mass is 32.1. The van der Waals surface area contributed by atoms with Crippen LogP contribution < -0.4 is 10.3 Å². The summed E-state index contributed by atoms with van der Waals surface area (Å²) in [7, 11) is 0. The topological polar surface area (TPSA) is 102 Å². The van der Waals surface area contributed by atoms with Gasteiger partial charge in [0.05, 0.1) is 17.0 Å². The van der Waals surface area contributed by atoms with Crippen molar-refractivity contribution < 1.29 is 19.2 Å². The van der Waals surface area contributed by atoms with Crippen molar-refractivity contribution in [3.8, 4) is 0 Å². The fourth-order valence-corrected chi connectivity index (χ4v) is 2.94. The summed E-state index contributed by atoms with van der Waals surface area (Å²) in [5.74, 6) is 0.537. The van der Waals surface area contributed by atoms with Crippen LogP contribution in [0.25, 0.3) is 0 Å². The number of aryl methyl sites for hydroxylation is 1. The van der Waals surface area contributed by atoms with Crippen molar-refractivity contribution in [3.63, 3.8) is 0 Å². The molecule has 2 heterocycles. The lowest BCUT2D eigenvalue weighted by atomic mass is 10.2. The van der Waals surface area contributed by atoms with Crippen LogP contribution in [0.1, 0.15) is 22.0 Å². The van der Waals surface area contributed by atoms with Crippen LogP contribution in [0.3, 0.4) is 0 Å². The number of esters is 1. The highest BCUT2D eigenvalue weighted by Gasteiger charge is 2.17. The van der Waals surface area contributed by atoms with Gasteiger partial charge in [-0.15, -0.1) is 0 Å². The van der Waals surface area contributed by atoms with Gasteiger partial charge in [0.25, 0.3) is 0 Å². The van der Waals surface area contributed by atoms with Crippen LogP contribution in [-0.2, 0) is 22.5 Å². The Kier molecular flexibility index (Phi) is 5.40. The van der Waals surface area contributed by atoms with E-state index in [0.29, 0.717) is 24.6 Å². The number of aromatic nitrogens is 3. The van der Waals surface area contributed by atoms with E-state index in [9.17, 15) is 4.79 Å². The number of nitrogen functional groups attached to an aromatic ring is 1. The SMILES string of the molecule is Cc1ncc(C[n+]2csc(CCOC(=O)CO)c2C)c(N)n1. The van der Waals surface area contributed by atoms with E-state index < -0.39 is 12.6 Å². The molecule has 8 heteroatoms. The summed E-state index contributed by atoms with van der Waals surface area (Å²) in [5.41, 5.74) is 9.87. The minimum Gasteiger partial charge on any atom is -0.464 e. The van der Waals surface area contributed by atoms with Gasteiger partial charge in [-0.2, -0.15) is 4.57 Å². The number of thiazole rings is 1. The van der Waals surface area contributed by atoms with Crippen molar-refractivity contribution in [2.45, 2.75) is 26.8 Å². The third-order valence-electron chi connectivity index (χ3n) is 3.24. The highest BCUT2D eigenvalue weighted by Crippen LogP contribution is 2.14. The number of nitrogens with two attached hydrogens (primary N) is 1. The third kappa shape index (κ3) is 3.99. The number of hydrogen-bond donors (Lipinski definition) is 2. The molecule has 2 aromatic heterocycles. The molecule has 118 valence electrons. The van der Waals surface area contributed by atoms with Gasteiger partial charge in [0.15, 0.2) is 12.2 Å². The quantitative estimate of drug-likeness (QED) is 0.579. The average molecular weight is 323 g/mol. The smallest absolute Gasteiger partial charge is 0.331 e. The zero-order valence-corrected chi connectivity index (χ0v) is 13.4. The minimum absolute atomic E-state index is 0.260. The van der Waals surface area contributed by atoms with E-state index in [1.54, 1.807) is 24.5 Å². The van der Waals surface area contributed by atoms with Crippen LogP contribution in [0.5, 0.6) is 0 Å². The average Bonchev–Trinajstić information content (AvgIpc) is 2.83. The predicted molar refractivity (Wildman–Crippen MR) is 81.3 cm³/mol. The molecule has 0 aliphatic heterocycles. The molecule has 0 bridgehead atoms. The van der Waals surface area contributed by atoms with E-state index in [1.165, 1.54) is 0 Å². The van der Waals surface area contributed by atoms with Crippen molar-refractivity contribution in [1.29, 1.82) is 0 Å². The molecular formula is C14H19N4O3S+. The molecule has 0 unspecified atom stereocenters. The van der Waals surface area contributed by atoms with E-state index in [-0.39, 0.29) is 6.61 Å². The lowest BCUT2D eigenvalue weighted by Crippen LogP contribution is -2.35. The predicted octanol–water partition coefficient (Wildman–Crippen LogP) is 0.151. The Morgan fingerprint density at radius 2 is 2.27 bits per heavy atom. The molecule has 0 aliphatic rings. The Balaban J connectivity index is 2.02. The maximum absolute atomic E-state index is 10.9. The first-order valence-electron chi connectivity index (χ1n) is 6.82. The first-order chi connectivity index (χ1) is 10.5. The van der Waals surface area contributed by atoms with Crippen molar-refractivity contribution in [1.82, 2.24) is 9.97 Å². The molecule has 7 nitrogen and oxygen atoms in total. The minimum atomic E-state index is -0.605. The van der Waals surface area contributed by atoms with E-state index in [2.05, 4.69) is 14.5 Å². The Labute approximate surface area is 132 Å². The van der Waals surface area contributed by atoms with Gasteiger partial charge in [0.2, 0.25) is 5.51 Å². The molecule has 3 N–H and O–H groups in total. The Hall–Kier alpha value is -2.06. The van der Waals surface area contributed by atoms with Crippen LogP contribution >= 0.6 is 11.3 Å². The summed E-state index contributed by atoms with van der Waals surface area (Å²) >= 11 is 1.59. The molecule has 0 saturated carbocycles. The van der Waals surface area contributed by atoms with Crippen LogP contribution in [0, 0.1) is 13.8 Å². The van der Waals surface area contributed by atoms with Gasteiger partial charge >= 0.3 is 5.97 Å². The fourth-order valence-electron chi connectivity index (χ4n) is 1.97. The molecule has 0 aromatic carbocycles. The summed E-state index contributed by atoms with van der Waals surface area (Å²) < 4.78 is 6.95. The summed E-state index contributed by atoms with van der Waals surface area (Å²) in [4.78, 5) is 20.3. The maximum Gasteiger partial charge on any atom is 0.331 e. The molecule has 2 aromatic rings. The number of carbonyl (C=O) groups is 1. The lowest BCUT2D eigenvalue weighted by molar-refractivity contribution is -0.689. The van der Waals surface area contributed by atoms with Crippen LogP contribution in [0.2, 0.25) is 0 Å². The molecule has 0 radical (unpaired) electrons. The molecule has 2 rings (SSSR count). The number of anilines is 1. The molecule has 0 atom stereocenters. The van der Waals surface area contributed by atoms with Crippen molar-refractivity contribution in [2.24, 2.45) is 0 Å². The molecule has 0 aliphatic carbocycles. The molecule has 0 fully saturated rings. The number of hydrogen-bond acceptors (Lipinski definition) is 7.